The van der Waals surface area contributed by atoms with Crippen LogP contribution in [0.3, 0.4) is 0 Å². The van der Waals surface area contributed by atoms with Gasteiger partial charge < -0.3 is 4.90 Å². The molecule has 1 atom stereocenters. The summed E-state index contributed by atoms with van der Waals surface area (Å²) in [4.78, 5) is 31.9. The molecule has 1 amide bonds. The van der Waals surface area contributed by atoms with Crippen molar-refractivity contribution in [3.8, 4) is 0 Å². The van der Waals surface area contributed by atoms with Gasteiger partial charge in [0.25, 0.3) is 5.91 Å². The van der Waals surface area contributed by atoms with Crippen molar-refractivity contribution in [1.82, 2.24) is 9.88 Å². The minimum absolute atomic E-state index is 0.0185. The summed E-state index contributed by atoms with van der Waals surface area (Å²) in [5.74, 6) is 0.120. The van der Waals surface area contributed by atoms with Gasteiger partial charge in [0.1, 0.15) is 5.78 Å². The number of carbonyl (C=O) groups is 2. The first-order chi connectivity index (χ1) is 16.4. The van der Waals surface area contributed by atoms with Crippen LogP contribution in [0.15, 0.2) is 85.2 Å². The van der Waals surface area contributed by atoms with E-state index in [9.17, 15) is 9.59 Å². The molecule has 0 aliphatic heterocycles. The van der Waals surface area contributed by atoms with Gasteiger partial charge in [-0.05, 0) is 68.7 Å². The molecule has 1 aromatic heterocycles. The van der Waals surface area contributed by atoms with Crippen LogP contribution in [0.5, 0.6) is 0 Å². The van der Waals surface area contributed by atoms with E-state index in [2.05, 4.69) is 36.7 Å². The maximum Gasteiger partial charge on any atom is 0.255 e. The van der Waals surface area contributed by atoms with Crippen molar-refractivity contribution >= 4 is 11.7 Å². The molecule has 1 heterocycles. The van der Waals surface area contributed by atoms with Crippen LogP contribution in [0, 0.1) is 0 Å². The summed E-state index contributed by atoms with van der Waals surface area (Å²) >= 11 is 0. The molecule has 4 nitrogen and oxygen atoms in total. The summed E-state index contributed by atoms with van der Waals surface area (Å²) in [5, 5.41) is 0. The lowest BCUT2D eigenvalue weighted by molar-refractivity contribution is -0.121. The Labute approximate surface area is 205 Å². The van der Waals surface area contributed by atoms with Gasteiger partial charge in [0, 0.05) is 26.0 Å². The fourth-order valence-corrected chi connectivity index (χ4v) is 4.42. The van der Waals surface area contributed by atoms with E-state index in [0.29, 0.717) is 24.9 Å². The molecule has 2 aromatic rings. The summed E-state index contributed by atoms with van der Waals surface area (Å²) in [5.41, 5.74) is 2.96. The molecule has 1 unspecified atom stereocenters. The van der Waals surface area contributed by atoms with Crippen molar-refractivity contribution in [2.45, 2.75) is 58.3 Å². The Hall–Kier alpha value is -3.27. The number of allylic oxidation sites excluding steroid dienone is 5. The molecule has 180 valence electrons. The van der Waals surface area contributed by atoms with E-state index < -0.39 is 5.41 Å². The topological polar surface area (TPSA) is 50.3 Å². The van der Waals surface area contributed by atoms with Crippen LogP contribution in [0.1, 0.15) is 67.9 Å². The predicted molar refractivity (Wildman–Crippen MR) is 141 cm³/mol. The largest absolute Gasteiger partial charge is 0.342 e. The quantitative estimate of drug-likeness (QED) is 0.403. The number of aromatic nitrogens is 1. The van der Waals surface area contributed by atoms with Crippen molar-refractivity contribution in [2.75, 3.05) is 13.6 Å². The van der Waals surface area contributed by atoms with E-state index in [1.807, 2.05) is 50.4 Å². The molecule has 0 fully saturated rings. The average molecular weight is 459 g/mol. The Balaban J connectivity index is 0.00000129. The van der Waals surface area contributed by atoms with Crippen LogP contribution < -0.4 is 0 Å². The minimum Gasteiger partial charge on any atom is -0.342 e. The monoisotopic (exact) mass is 458 g/mol. The molecule has 34 heavy (non-hydrogen) atoms. The van der Waals surface area contributed by atoms with Crippen molar-refractivity contribution in [3.05, 3.63) is 102 Å². The van der Waals surface area contributed by atoms with Crippen molar-refractivity contribution in [1.29, 1.82) is 0 Å². The highest BCUT2D eigenvalue weighted by Gasteiger charge is 2.39. The van der Waals surface area contributed by atoms with Gasteiger partial charge in [-0.2, -0.15) is 0 Å². The number of nitrogens with zero attached hydrogens (tertiary/aromatic N) is 2. The lowest BCUT2D eigenvalue weighted by Gasteiger charge is -2.35. The molecular weight excluding hydrogens is 420 g/mol. The molecule has 0 spiro atoms. The van der Waals surface area contributed by atoms with Crippen LogP contribution in [-0.2, 0) is 16.6 Å². The van der Waals surface area contributed by atoms with Crippen LogP contribution in [0.4, 0.5) is 0 Å². The standard InChI is InChI=1S/C27H32N2O2.C3H6/c1-4-17-29(3)26(31)23-18-22(19-28-20-23)15-16-27(21(2)30,24-11-7-5-8-12-24)25-13-9-6-10-14-25;1-3-2/h5,7-9,11-14,18-20H,4,6,10,15-17H2,1-3H3;3H,1H2,2H3. The first kappa shape index (κ1) is 27.0. The third kappa shape index (κ3) is 6.63. The van der Waals surface area contributed by atoms with E-state index in [0.717, 1.165) is 36.0 Å². The zero-order valence-electron chi connectivity index (χ0n) is 21.1. The second-order valence-corrected chi connectivity index (χ2v) is 8.68. The summed E-state index contributed by atoms with van der Waals surface area (Å²) in [6.07, 6.45) is 15.8. The third-order valence-corrected chi connectivity index (χ3v) is 6.09. The number of hydrogen-bond acceptors (Lipinski definition) is 3. The first-order valence-electron chi connectivity index (χ1n) is 12.1. The van der Waals surface area contributed by atoms with Gasteiger partial charge >= 0.3 is 0 Å². The molecule has 0 saturated heterocycles. The van der Waals surface area contributed by atoms with Crippen LogP contribution in [0.25, 0.3) is 0 Å². The van der Waals surface area contributed by atoms with E-state index in [-0.39, 0.29) is 11.7 Å². The lowest BCUT2D eigenvalue weighted by Crippen LogP contribution is -2.37. The Bertz CT molecular complexity index is 1020. The Kier molecular flexibility index (Phi) is 10.7. The van der Waals surface area contributed by atoms with Crippen molar-refractivity contribution in [2.24, 2.45) is 0 Å². The van der Waals surface area contributed by atoms with E-state index in [4.69, 9.17) is 0 Å². The molecule has 1 aliphatic carbocycles. The second-order valence-electron chi connectivity index (χ2n) is 8.68. The number of benzene rings is 1. The third-order valence-electron chi connectivity index (χ3n) is 6.09. The second kappa shape index (κ2) is 13.4. The Morgan fingerprint density at radius 2 is 1.88 bits per heavy atom. The molecule has 1 aromatic carbocycles. The van der Waals surface area contributed by atoms with Crippen molar-refractivity contribution < 1.29 is 9.59 Å². The number of carbonyl (C=O) groups excluding carboxylic acids is 2. The maximum atomic E-state index is 13.2. The average Bonchev–Trinajstić information content (AvgIpc) is 2.86. The van der Waals surface area contributed by atoms with Gasteiger partial charge in [0.15, 0.2) is 0 Å². The highest BCUT2D eigenvalue weighted by atomic mass is 16.2. The minimum atomic E-state index is -0.697. The van der Waals surface area contributed by atoms with E-state index in [1.165, 1.54) is 0 Å². The number of aryl methyl sites for hydroxylation is 1. The number of ketones is 1. The fourth-order valence-electron chi connectivity index (χ4n) is 4.42. The van der Waals surface area contributed by atoms with Gasteiger partial charge in [0.05, 0.1) is 11.0 Å². The lowest BCUT2D eigenvalue weighted by atomic mass is 9.67. The molecule has 0 radical (unpaired) electrons. The highest BCUT2D eigenvalue weighted by molar-refractivity contribution is 5.94. The summed E-state index contributed by atoms with van der Waals surface area (Å²) in [7, 11) is 1.82. The molecule has 0 bridgehead atoms. The van der Waals surface area contributed by atoms with E-state index in [1.54, 1.807) is 30.3 Å². The molecule has 0 saturated carbocycles. The summed E-state index contributed by atoms with van der Waals surface area (Å²) in [6, 6.07) is 12.0. The van der Waals surface area contributed by atoms with Gasteiger partial charge in [-0.1, -0.05) is 61.6 Å². The fraction of sp³-hybridized carbons (Fsp3) is 0.367. The van der Waals surface area contributed by atoms with Crippen LogP contribution >= 0.6 is 0 Å². The highest BCUT2D eigenvalue weighted by Crippen LogP contribution is 2.40. The number of Topliss-reactive ketones (excluding diaryl/α,β-unsaturated/α-hetero) is 1. The zero-order chi connectivity index (χ0) is 25.0. The predicted octanol–water partition coefficient (Wildman–Crippen LogP) is 6.49. The van der Waals surface area contributed by atoms with Gasteiger partial charge in [-0.25, -0.2) is 0 Å². The number of hydrogen-bond donors (Lipinski definition) is 0. The zero-order valence-corrected chi connectivity index (χ0v) is 21.1. The van der Waals surface area contributed by atoms with Gasteiger partial charge in [0.2, 0.25) is 0 Å². The molecular formula is C30H38N2O2. The number of amides is 1. The molecule has 0 N–H and O–H groups in total. The number of rotatable bonds is 9. The van der Waals surface area contributed by atoms with Crippen molar-refractivity contribution in [3.63, 3.8) is 0 Å². The SMILES string of the molecule is C=CC.CCCN(C)C(=O)c1cncc(CCC(C(C)=O)(C2=CCCC=C2)c2ccccc2)c1. The Morgan fingerprint density at radius 1 is 1.18 bits per heavy atom. The normalized spacial score (nSPS) is 14.2. The maximum absolute atomic E-state index is 13.2. The smallest absolute Gasteiger partial charge is 0.255 e. The van der Waals surface area contributed by atoms with Crippen LogP contribution in [-0.4, -0.2) is 35.2 Å². The van der Waals surface area contributed by atoms with Gasteiger partial charge in [-0.3, -0.25) is 14.6 Å². The summed E-state index contributed by atoms with van der Waals surface area (Å²) < 4.78 is 0. The molecule has 1 aliphatic rings. The molecule has 4 heteroatoms. The summed E-state index contributed by atoms with van der Waals surface area (Å²) in [6.45, 7) is 9.71. The van der Waals surface area contributed by atoms with Gasteiger partial charge in [-0.15, -0.1) is 6.58 Å². The molecule has 3 rings (SSSR count). The van der Waals surface area contributed by atoms with Crippen LogP contribution in [0.2, 0.25) is 0 Å². The van der Waals surface area contributed by atoms with E-state index >= 15 is 0 Å². The first-order valence-corrected chi connectivity index (χ1v) is 12.1. The Morgan fingerprint density at radius 3 is 2.47 bits per heavy atom. The number of pyridine rings is 1.